The molecule has 0 saturated heterocycles. The molecule has 0 unspecified atom stereocenters. The molecule has 1 amide bonds. The molecule has 1 aromatic heterocycles. The van der Waals surface area contributed by atoms with Gasteiger partial charge < -0.3 is 14.2 Å². The van der Waals surface area contributed by atoms with Crippen LogP contribution in [0, 0.1) is 11.3 Å². The standard InChI is InChI=1S/C12H16N4O2/c1-12(2,3)18-11(17)15-4-5-16-9(8-15)7-14-10(16)6-13/h7H,4-5,8H2,1-3H3. The van der Waals surface area contributed by atoms with Crippen molar-refractivity contribution in [1.82, 2.24) is 14.5 Å². The quantitative estimate of drug-likeness (QED) is 0.697. The summed E-state index contributed by atoms with van der Waals surface area (Å²) in [6.07, 6.45) is 1.31. The minimum Gasteiger partial charge on any atom is -0.444 e. The molecule has 0 bridgehead atoms. The SMILES string of the molecule is CC(C)(C)OC(=O)N1CCn2c(cnc2C#N)C1. The summed E-state index contributed by atoms with van der Waals surface area (Å²) in [7, 11) is 0. The Kier molecular flexibility index (Phi) is 2.99. The number of fused-ring (bicyclic) bond motifs is 1. The van der Waals surface area contributed by atoms with Crippen molar-refractivity contribution in [3.63, 3.8) is 0 Å². The van der Waals surface area contributed by atoms with Crippen LogP contribution in [0.3, 0.4) is 0 Å². The van der Waals surface area contributed by atoms with Gasteiger partial charge in [0.2, 0.25) is 5.82 Å². The molecule has 6 nitrogen and oxygen atoms in total. The van der Waals surface area contributed by atoms with E-state index in [1.807, 2.05) is 31.4 Å². The molecule has 96 valence electrons. The third-order valence-electron chi connectivity index (χ3n) is 2.64. The van der Waals surface area contributed by atoms with E-state index in [-0.39, 0.29) is 6.09 Å². The molecule has 1 aliphatic heterocycles. The molecule has 0 saturated carbocycles. The molecule has 2 heterocycles. The molecular weight excluding hydrogens is 232 g/mol. The number of nitriles is 1. The molecule has 18 heavy (non-hydrogen) atoms. The molecule has 6 heteroatoms. The van der Waals surface area contributed by atoms with E-state index in [2.05, 4.69) is 4.98 Å². The second-order valence-corrected chi connectivity index (χ2v) is 5.24. The predicted molar refractivity (Wildman–Crippen MR) is 63.6 cm³/mol. The normalized spacial score (nSPS) is 14.9. The van der Waals surface area contributed by atoms with E-state index in [1.165, 1.54) is 0 Å². The number of rotatable bonds is 0. The second kappa shape index (κ2) is 4.33. The van der Waals surface area contributed by atoms with Gasteiger partial charge in [-0.25, -0.2) is 9.78 Å². The first-order valence-corrected chi connectivity index (χ1v) is 5.83. The van der Waals surface area contributed by atoms with Crippen molar-refractivity contribution in [1.29, 1.82) is 5.26 Å². The monoisotopic (exact) mass is 248 g/mol. The summed E-state index contributed by atoms with van der Waals surface area (Å²) in [5.74, 6) is 0.397. The van der Waals surface area contributed by atoms with Crippen molar-refractivity contribution in [2.75, 3.05) is 6.54 Å². The van der Waals surface area contributed by atoms with E-state index in [4.69, 9.17) is 10.00 Å². The Morgan fingerprint density at radius 3 is 2.83 bits per heavy atom. The Morgan fingerprint density at radius 2 is 2.22 bits per heavy atom. The number of imidazole rings is 1. The summed E-state index contributed by atoms with van der Waals surface area (Å²) in [6, 6.07) is 2.03. The van der Waals surface area contributed by atoms with Crippen LogP contribution in [-0.2, 0) is 17.8 Å². The van der Waals surface area contributed by atoms with Gasteiger partial charge in [0.25, 0.3) is 0 Å². The van der Waals surface area contributed by atoms with Crippen LogP contribution in [-0.4, -0.2) is 32.7 Å². The zero-order chi connectivity index (χ0) is 13.3. The minimum atomic E-state index is -0.493. The molecule has 0 aliphatic carbocycles. The fourth-order valence-corrected chi connectivity index (χ4v) is 1.85. The summed E-state index contributed by atoms with van der Waals surface area (Å²) in [6.45, 7) is 7.07. The van der Waals surface area contributed by atoms with E-state index in [1.54, 1.807) is 11.1 Å². The van der Waals surface area contributed by atoms with Crippen molar-refractivity contribution >= 4 is 6.09 Å². The van der Waals surface area contributed by atoms with Crippen LogP contribution in [0.4, 0.5) is 4.79 Å². The lowest BCUT2D eigenvalue weighted by molar-refractivity contribution is 0.0199. The van der Waals surface area contributed by atoms with E-state index in [0.29, 0.717) is 25.5 Å². The Hall–Kier alpha value is -2.03. The maximum atomic E-state index is 11.9. The maximum absolute atomic E-state index is 11.9. The van der Waals surface area contributed by atoms with E-state index >= 15 is 0 Å². The Balaban J connectivity index is 2.09. The first-order chi connectivity index (χ1) is 8.40. The van der Waals surface area contributed by atoms with Crippen LogP contribution in [0.5, 0.6) is 0 Å². The van der Waals surface area contributed by atoms with Gasteiger partial charge in [-0.05, 0) is 20.8 Å². The number of hydrogen-bond acceptors (Lipinski definition) is 4. The third-order valence-corrected chi connectivity index (χ3v) is 2.64. The summed E-state index contributed by atoms with van der Waals surface area (Å²) in [5.41, 5.74) is 0.371. The predicted octanol–water partition coefficient (Wildman–Crippen LogP) is 1.51. The average molecular weight is 248 g/mol. The number of amides is 1. The number of carbonyl (C=O) groups is 1. The van der Waals surface area contributed by atoms with Crippen LogP contribution in [0.15, 0.2) is 6.20 Å². The number of nitrogens with zero attached hydrogens (tertiary/aromatic N) is 4. The van der Waals surface area contributed by atoms with Crippen molar-refractivity contribution in [3.05, 3.63) is 17.7 Å². The summed E-state index contributed by atoms with van der Waals surface area (Å²) >= 11 is 0. The molecule has 1 aliphatic rings. The highest BCUT2D eigenvalue weighted by Crippen LogP contribution is 2.17. The van der Waals surface area contributed by atoms with Gasteiger partial charge in [-0.1, -0.05) is 0 Å². The summed E-state index contributed by atoms with van der Waals surface area (Å²) in [4.78, 5) is 17.5. The number of ether oxygens (including phenoxy) is 1. The van der Waals surface area contributed by atoms with E-state index in [0.717, 1.165) is 5.69 Å². The molecule has 0 radical (unpaired) electrons. The fraction of sp³-hybridized carbons (Fsp3) is 0.583. The van der Waals surface area contributed by atoms with Crippen molar-refractivity contribution in [2.24, 2.45) is 0 Å². The zero-order valence-corrected chi connectivity index (χ0v) is 10.8. The van der Waals surface area contributed by atoms with E-state index < -0.39 is 5.60 Å². The van der Waals surface area contributed by atoms with Crippen molar-refractivity contribution in [3.8, 4) is 6.07 Å². The van der Waals surface area contributed by atoms with Crippen LogP contribution in [0.2, 0.25) is 0 Å². The maximum Gasteiger partial charge on any atom is 0.410 e. The Morgan fingerprint density at radius 1 is 1.50 bits per heavy atom. The minimum absolute atomic E-state index is 0.326. The van der Waals surface area contributed by atoms with Gasteiger partial charge in [0.05, 0.1) is 18.4 Å². The smallest absolute Gasteiger partial charge is 0.410 e. The lowest BCUT2D eigenvalue weighted by Gasteiger charge is -2.30. The highest BCUT2D eigenvalue weighted by atomic mass is 16.6. The zero-order valence-electron chi connectivity index (χ0n) is 10.8. The van der Waals surface area contributed by atoms with Crippen LogP contribution in [0.1, 0.15) is 32.3 Å². The molecule has 0 N–H and O–H groups in total. The largest absolute Gasteiger partial charge is 0.444 e. The van der Waals surface area contributed by atoms with Gasteiger partial charge in [-0.3, -0.25) is 0 Å². The highest BCUT2D eigenvalue weighted by Gasteiger charge is 2.26. The van der Waals surface area contributed by atoms with Gasteiger partial charge in [0.15, 0.2) is 0 Å². The highest BCUT2D eigenvalue weighted by molar-refractivity contribution is 5.68. The summed E-state index contributed by atoms with van der Waals surface area (Å²) < 4.78 is 7.15. The lowest BCUT2D eigenvalue weighted by Crippen LogP contribution is -2.41. The number of hydrogen-bond donors (Lipinski definition) is 0. The Labute approximate surface area is 106 Å². The number of aromatic nitrogens is 2. The summed E-state index contributed by atoms with van der Waals surface area (Å²) in [5, 5.41) is 8.87. The topological polar surface area (TPSA) is 71.2 Å². The van der Waals surface area contributed by atoms with Gasteiger partial charge in [-0.2, -0.15) is 5.26 Å². The average Bonchev–Trinajstić information content (AvgIpc) is 2.68. The molecule has 0 spiro atoms. The van der Waals surface area contributed by atoms with Gasteiger partial charge in [-0.15, -0.1) is 0 Å². The first kappa shape index (κ1) is 12.4. The molecule has 0 atom stereocenters. The van der Waals surface area contributed by atoms with Crippen molar-refractivity contribution in [2.45, 2.75) is 39.5 Å². The first-order valence-electron chi connectivity index (χ1n) is 5.83. The van der Waals surface area contributed by atoms with Gasteiger partial charge in [0.1, 0.15) is 11.7 Å². The molecule has 2 rings (SSSR count). The van der Waals surface area contributed by atoms with Crippen LogP contribution < -0.4 is 0 Å². The molecule has 1 aromatic rings. The van der Waals surface area contributed by atoms with Crippen LogP contribution in [0.25, 0.3) is 0 Å². The van der Waals surface area contributed by atoms with Crippen molar-refractivity contribution < 1.29 is 9.53 Å². The second-order valence-electron chi connectivity index (χ2n) is 5.24. The van der Waals surface area contributed by atoms with Gasteiger partial charge in [0, 0.05) is 13.1 Å². The third kappa shape index (κ3) is 2.45. The number of carbonyl (C=O) groups excluding carboxylic acids is 1. The van der Waals surface area contributed by atoms with E-state index in [9.17, 15) is 4.79 Å². The molecule has 0 aromatic carbocycles. The van der Waals surface area contributed by atoms with Gasteiger partial charge >= 0.3 is 6.09 Å². The molecular formula is C12H16N4O2. The Bertz CT molecular complexity index is 507. The van der Waals surface area contributed by atoms with Crippen LogP contribution >= 0.6 is 0 Å². The molecule has 0 fully saturated rings. The lowest BCUT2D eigenvalue weighted by atomic mass is 10.2. The fourth-order valence-electron chi connectivity index (χ4n) is 1.85.